The van der Waals surface area contributed by atoms with Crippen molar-refractivity contribution in [1.82, 2.24) is 0 Å². The molecule has 24 nitrogen and oxygen atoms in total. The first kappa shape index (κ1) is 65.7. The van der Waals surface area contributed by atoms with Crippen LogP contribution in [0.25, 0.3) is 10.8 Å². The molecule has 472 valence electrons. The van der Waals surface area contributed by atoms with Crippen molar-refractivity contribution in [3.63, 3.8) is 0 Å². The first-order valence-corrected chi connectivity index (χ1v) is 29.6. The van der Waals surface area contributed by atoms with Gasteiger partial charge in [0.05, 0.1) is 77.6 Å². The molecule has 9 N–H and O–H groups in total. The topological polar surface area (TPSA) is 352 Å². The molecule has 6 aliphatic rings. The minimum atomic E-state index is -1.93. The molecule has 84 heavy (non-hydrogen) atoms. The van der Waals surface area contributed by atoms with Crippen LogP contribution in [0.2, 0.25) is 0 Å². The predicted molar refractivity (Wildman–Crippen MR) is 293 cm³/mol. The van der Waals surface area contributed by atoms with Gasteiger partial charge in [-0.25, -0.2) is 0 Å². The number of fused-ring (bicyclic) bond motifs is 2. The summed E-state index contributed by atoms with van der Waals surface area (Å²) < 4.78 is 67.0. The third kappa shape index (κ3) is 14.0. The van der Waals surface area contributed by atoms with Gasteiger partial charge in [-0.05, 0) is 95.7 Å². The normalized spacial score (nSPS) is 39.4. The summed E-state index contributed by atoms with van der Waals surface area (Å²) in [6, 6.07) is 3.05. The summed E-state index contributed by atoms with van der Waals surface area (Å²) in [6.45, 7) is 16.1. The summed E-state index contributed by atoms with van der Waals surface area (Å²) >= 11 is 0. The lowest BCUT2D eigenvalue weighted by atomic mass is 9.75. The molecule has 2 aromatic rings. The van der Waals surface area contributed by atoms with Gasteiger partial charge in [-0.15, -0.1) is 0 Å². The second kappa shape index (κ2) is 27.0. The highest BCUT2D eigenvalue weighted by molar-refractivity contribution is 6.11. The predicted octanol–water partition coefficient (Wildman–Crippen LogP) is 3.00. The molecule has 25 atom stereocenters. The first-order valence-electron chi connectivity index (χ1n) is 29.6. The van der Waals surface area contributed by atoms with Crippen molar-refractivity contribution >= 4 is 34.3 Å². The van der Waals surface area contributed by atoms with Crippen LogP contribution in [0.1, 0.15) is 142 Å². The standard InChI is InChI=1S/C60H88O24/c1-12-41(61)75-30(9)53(68)56(71)57(74-11)35-17-31-16-32-18-36(82-43-22-40(52(67)29(8)76-43)83-44-21-39(81-42(62)13-2)51(66)28(7)77-44)26(5)49(64)46(32)54(69)47(31)55(70)58(35)84-45-20-38(50(65)27(6)78-45)79-33-14-24(3)48(63)37(19-33)80-34-15-25(4)59(72)60(10,73)23-34/h16,18,24-25,27-30,33-35,37-40,43-45,48,50-53,57-59,63-69,72-73H,12-15,17,19-23H2,1-11H3/t24?,25?,27?,28?,29?,30-,33-,34-,35+,37-,38-,39-,40-,43+,44+,45+,48+,50-,51-,52-,53+,57+,58+,59-,60+/m1/s1. The van der Waals surface area contributed by atoms with Crippen LogP contribution in [-0.4, -0.2) is 211 Å². The van der Waals surface area contributed by atoms with Crippen LogP contribution >= 0.6 is 0 Å². The highest BCUT2D eigenvalue weighted by Gasteiger charge is 2.52. The Bertz CT molecular complexity index is 2650. The Morgan fingerprint density at radius 3 is 1.87 bits per heavy atom. The number of esters is 2. The highest BCUT2D eigenvalue weighted by Crippen LogP contribution is 2.48. The Labute approximate surface area is 488 Å². The smallest absolute Gasteiger partial charge is 0.305 e. The van der Waals surface area contributed by atoms with Gasteiger partial charge in [0.1, 0.15) is 60.0 Å². The minimum absolute atomic E-state index is 0.0182. The molecule has 3 saturated heterocycles. The van der Waals surface area contributed by atoms with E-state index in [1.807, 2.05) is 13.8 Å². The van der Waals surface area contributed by atoms with Crippen molar-refractivity contribution in [2.24, 2.45) is 17.8 Å². The lowest BCUT2D eigenvalue weighted by molar-refractivity contribution is -0.299. The Morgan fingerprint density at radius 1 is 0.702 bits per heavy atom. The third-order valence-corrected chi connectivity index (χ3v) is 18.0. The molecule has 0 amide bonds. The van der Waals surface area contributed by atoms with Gasteiger partial charge in [-0.1, -0.05) is 27.7 Å². The Hall–Kier alpha value is -4.22. The number of phenols is 2. The SMILES string of the molecule is CCC(=O)O[C@H](C)[C@H](O)C(=O)[C@@H](OC)[C@@H]1Cc2cc3cc(O[C@H]4C[C@@H](O[C@H]5C[C@@H](OC(=O)CC)[C@H](O)C(C)O5)[C@H](O)C(C)O4)c(C)c(O)c3c(O)c2C(=O)[C@H]1O[C@H]1C[C@@H](O[C@@H]2CC(C)[C@H](O)[C@H](O[C@@H]3CC(C)[C@@H](O)[C@@](C)(O)C3)C2)[C@H](O)C(C)O1. The molecule has 0 spiro atoms. The number of rotatable bonds is 19. The molecule has 2 aromatic carbocycles. The van der Waals surface area contributed by atoms with Crippen molar-refractivity contribution in [3.05, 3.63) is 28.8 Å². The average Bonchev–Trinajstić information content (AvgIpc) is 1.31. The third-order valence-electron chi connectivity index (χ3n) is 18.0. The van der Waals surface area contributed by atoms with Crippen molar-refractivity contribution < 1.29 is 117 Å². The number of carbonyl (C=O) groups is 4. The zero-order valence-corrected chi connectivity index (χ0v) is 49.7. The molecule has 3 aliphatic heterocycles. The van der Waals surface area contributed by atoms with E-state index in [0.29, 0.717) is 12.8 Å². The molecule has 0 radical (unpaired) electrons. The van der Waals surface area contributed by atoms with E-state index >= 15 is 4.79 Å². The number of Topliss-reactive ketones (excluding diaryl/α,β-unsaturated/α-hetero) is 2. The largest absolute Gasteiger partial charge is 0.507 e. The molecular formula is C60H88O24. The average molecular weight is 1190 g/mol. The summed E-state index contributed by atoms with van der Waals surface area (Å²) in [5.41, 5.74) is -1.33. The maximum Gasteiger partial charge on any atom is 0.305 e. The zero-order valence-electron chi connectivity index (χ0n) is 49.7. The number of ether oxygens (including phenoxy) is 11. The maximum atomic E-state index is 15.3. The number of ketones is 2. The van der Waals surface area contributed by atoms with Gasteiger partial charge in [-0.2, -0.15) is 0 Å². The molecule has 3 aliphatic carbocycles. The highest BCUT2D eigenvalue weighted by atomic mass is 16.7. The molecule has 5 unspecified atom stereocenters. The van der Waals surface area contributed by atoms with E-state index in [9.17, 15) is 60.3 Å². The number of hydrogen-bond acceptors (Lipinski definition) is 24. The summed E-state index contributed by atoms with van der Waals surface area (Å²) in [5, 5.41) is 102. The van der Waals surface area contributed by atoms with E-state index in [4.69, 9.17) is 52.1 Å². The summed E-state index contributed by atoms with van der Waals surface area (Å²) in [4.78, 5) is 54.1. The second-order valence-electron chi connectivity index (χ2n) is 24.5. The molecule has 2 saturated carbocycles. The van der Waals surface area contributed by atoms with Crippen LogP contribution in [0.3, 0.4) is 0 Å². The quantitative estimate of drug-likeness (QED) is 0.0913. The fraction of sp³-hybridized carbons (Fsp3) is 0.767. The van der Waals surface area contributed by atoms with Gasteiger partial charge >= 0.3 is 11.9 Å². The summed E-state index contributed by atoms with van der Waals surface area (Å²) in [5.74, 6) is -5.81. The molecule has 3 heterocycles. The lowest BCUT2D eigenvalue weighted by Crippen LogP contribution is -2.56. The lowest BCUT2D eigenvalue weighted by Gasteiger charge is -2.46. The molecule has 0 bridgehead atoms. The number of aliphatic hydroxyl groups is 7. The molecule has 8 rings (SSSR count). The first-order chi connectivity index (χ1) is 39.5. The molecular weight excluding hydrogens is 1100 g/mol. The van der Waals surface area contributed by atoms with Gasteiger partial charge < -0.3 is 98.1 Å². The van der Waals surface area contributed by atoms with E-state index in [1.165, 1.54) is 33.1 Å². The van der Waals surface area contributed by atoms with Crippen LogP contribution in [0, 0.1) is 24.7 Å². The Morgan fingerprint density at radius 2 is 1.25 bits per heavy atom. The van der Waals surface area contributed by atoms with Crippen LogP contribution < -0.4 is 4.74 Å². The minimum Gasteiger partial charge on any atom is -0.507 e. The second-order valence-corrected chi connectivity index (χ2v) is 24.5. The van der Waals surface area contributed by atoms with E-state index in [0.717, 1.165) is 0 Å². The number of methoxy groups -OCH3 is 1. The van der Waals surface area contributed by atoms with Crippen molar-refractivity contribution in [3.8, 4) is 17.2 Å². The summed E-state index contributed by atoms with van der Waals surface area (Å²) in [6.07, 6.45) is -21.5. The van der Waals surface area contributed by atoms with E-state index in [2.05, 4.69) is 0 Å². The van der Waals surface area contributed by atoms with Crippen LogP contribution in [0.5, 0.6) is 17.2 Å². The number of aliphatic hydroxyl groups excluding tert-OH is 6. The van der Waals surface area contributed by atoms with E-state index in [1.54, 1.807) is 41.5 Å². The van der Waals surface area contributed by atoms with Crippen molar-refractivity contribution in [2.75, 3.05) is 7.11 Å². The maximum absolute atomic E-state index is 15.3. The number of benzene rings is 2. The van der Waals surface area contributed by atoms with Gasteiger partial charge in [-0.3, -0.25) is 19.2 Å². The van der Waals surface area contributed by atoms with Gasteiger partial charge in [0.2, 0.25) is 6.29 Å². The monoisotopic (exact) mass is 1190 g/mol. The van der Waals surface area contributed by atoms with Crippen LogP contribution in [0.4, 0.5) is 0 Å². The molecule has 0 aromatic heterocycles. The zero-order chi connectivity index (χ0) is 61.5. The Kier molecular flexibility index (Phi) is 21.2. The van der Waals surface area contributed by atoms with Crippen molar-refractivity contribution in [1.29, 1.82) is 0 Å². The molecule has 5 fully saturated rings. The number of hydrogen-bond donors (Lipinski definition) is 9. The van der Waals surface area contributed by atoms with Crippen LogP contribution in [0.15, 0.2) is 12.1 Å². The van der Waals surface area contributed by atoms with E-state index < -0.39 is 175 Å². The van der Waals surface area contributed by atoms with E-state index in [-0.39, 0.29) is 96.4 Å². The van der Waals surface area contributed by atoms with Gasteiger partial charge in [0.15, 0.2) is 30.3 Å². The molecule has 24 heteroatoms. The number of carbonyl (C=O) groups excluding carboxylic acids is 4. The summed E-state index contributed by atoms with van der Waals surface area (Å²) in [7, 11) is 1.20. The fourth-order valence-corrected chi connectivity index (χ4v) is 13.1. The number of aromatic hydroxyl groups is 2. The van der Waals surface area contributed by atoms with Crippen LogP contribution in [-0.2, 0) is 68.2 Å². The fourth-order valence-electron chi connectivity index (χ4n) is 13.1. The van der Waals surface area contributed by atoms with Crippen molar-refractivity contribution in [2.45, 2.75) is 268 Å². The van der Waals surface area contributed by atoms with Gasteiger partial charge in [0.25, 0.3) is 0 Å². The number of phenolic OH excluding ortho intramolecular Hbond substituents is 2. The van der Waals surface area contributed by atoms with Gasteiger partial charge in [0, 0.05) is 63.5 Å². The Balaban J connectivity index is 1.06.